The summed E-state index contributed by atoms with van der Waals surface area (Å²) in [6.07, 6.45) is 0. The Kier molecular flexibility index (Phi) is 5.16. The molecule has 1 aliphatic rings. The van der Waals surface area contributed by atoms with E-state index in [1.54, 1.807) is 6.92 Å². The van der Waals surface area contributed by atoms with Gasteiger partial charge in [0.05, 0.1) is 13.2 Å². The topological polar surface area (TPSA) is 71.8 Å². The van der Waals surface area contributed by atoms with E-state index in [1.165, 1.54) is 6.07 Å². The Hall–Kier alpha value is -1.84. The lowest BCUT2D eigenvalue weighted by Gasteiger charge is -2.26. The molecule has 10 heteroatoms. The number of hydrogen-bond acceptors (Lipinski definition) is 5. The van der Waals surface area contributed by atoms with Crippen LogP contribution in [0.4, 0.5) is 8.78 Å². The molecule has 2 aromatic rings. The predicted molar refractivity (Wildman–Crippen MR) is 87.1 cm³/mol. The maximum Gasteiger partial charge on any atom is 0.364 e. The minimum atomic E-state index is -3.61. The van der Waals surface area contributed by atoms with E-state index in [2.05, 4.69) is 20.3 Å². The zero-order chi connectivity index (χ0) is 18.0. The Morgan fingerprint density at radius 3 is 2.80 bits per heavy atom. The lowest BCUT2D eigenvalue weighted by atomic mass is 10.3. The van der Waals surface area contributed by atoms with E-state index >= 15 is 0 Å². The van der Waals surface area contributed by atoms with Gasteiger partial charge in [0, 0.05) is 37.9 Å². The molecule has 7 nitrogen and oxygen atoms in total. The fraction of sp³-hybridized carbons (Fsp3) is 0.533. The fourth-order valence-corrected chi connectivity index (χ4v) is 2.79. The first-order chi connectivity index (χ1) is 11.8. The van der Waals surface area contributed by atoms with Crippen LogP contribution in [0.3, 0.4) is 0 Å². The van der Waals surface area contributed by atoms with E-state index in [9.17, 15) is 13.6 Å². The summed E-state index contributed by atoms with van der Waals surface area (Å²) in [4.78, 5) is 18.5. The molecule has 0 bridgehead atoms. The zero-order valence-corrected chi connectivity index (χ0v) is 14.4. The maximum absolute atomic E-state index is 13.5. The van der Waals surface area contributed by atoms with Crippen molar-refractivity contribution in [3.8, 4) is 0 Å². The molecule has 0 atom stereocenters. The molecule has 0 aliphatic carbocycles. The molecule has 0 saturated carbocycles. The summed E-state index contributed by atoms with van der Waals surface area (Å²) in [6.45, 7) is 5.69. The van der Waals surface area contributed by atoms with Gasteiger partial charge in [0.2, 0.25) is 0 Å². The molecular formula is C15H18ClF2N5O2. The number of aromatic nitrogens is 3. The number of nitrogens with one attached hydrogen (secondary N) is 1. The lowest BCUT2D eigenvalue weighted by Crippen LogP contribution is -2.41. The van der Waals surface area contributed by atoms with Gasteiger partial charge in [-0.15, -0.1) is 0 Å². The summed E-state index contributed by atoms with van der Waals surface area (Å²) in [5.41, 5.74) is 0.00179. The number of halogens is 3. The number of morpholine rings is 1. The van der Waals surface area contributed by atoms with Crippen LogP contribution < -0.4 is 5.32 Å². The number of carbonyl (C=O) groups is 1. The Morgan fingerprint density at radius 1 is 1.40 bits per heavy atom. The van der Waals surface area contributed by atoms with Crippen molar-refractivity contribution in [1.82, 2.24) is 24.8 Å². The lowest BCUT2D eigenvalue weighted by molar-refractivity contribution is 0.0383. The Balaban J connectivity index is 1.71. The Morgan fingerprint density at radius 2 is 2.12 bits per heavy atom. The number of ether oxygens (including phenoxy) is 1. The number of alkyl halides is 3. The number of aryl methyl sites for hydroxylation is 1. The van der Waals surface area contributed by atoms with Crippen molar-refractivity contribution in [2.75, 3.05) is 39.4 Å². The molecule has 1 N–H and O–H groups in total. The van der Waals surface area contributed by atoms with E-state index in [4.69, 9.17) is 16.3 Å². The molecule has 3 heterocycles. The van der Waals surface area contributed by atoms with E-state index in [-0.39, 0.29) is 11.3 Å². The van der Waals surface area contributed by atoms with Gasteiger partial charge >= 0.3 is 5.38 Å². The van der Waals surface area contributed by atoms with Crippen LogP contribution in [0.2, 0.25) is 0 Å². The summed E-state index contributed by atoms with van der Waals surface area (Å²) in [6, 6.07) is 2.51. The van der Waals surface area contributed by atoms with Crippen LogP contribution in [0.15, 0.2) is 12.1 Å². The molecule has 25 heavy (non-hydrogen) atoms. The molecule has 3 rings (SSSR count). The van der Waals surface area contributed by atoms with Gasteiger partial charge in [0.1, 0.15) is 5.69 Å². The molecule has 1 fully saturated rings. The first-order valence-electron chi connectivity index (χ1n) is 7.87. The zero-order valence-electron chi connectivity index (χ0n) is 13.6. The van der Waals surface area contributed by atoms with Crippen LogP contribution in [0.1, 0.15) is 21.9 Å². The van der Waals surface area contributed by atoms with E-state index in [0.717, 1.165) is 23.7 Å². The smallest absolute Gasteiger partial charge is 0.364 e. The van der Waals surface area contributed by atoms with E-state index in [1.807, 2.05) is 0 Å². The second-order valence-corrected chi connectivity index (χ2v) is 6.26. The van der Waals surface area contributed by atoms with Crippen molar-refractivity contribution in [1.29, 1.82) is 0 Å². The van der Waals surface area contributed by atoms with Crippen LogP contribution >= 0.6 is 11.6 Å². The molecule has 0 unspecified atom stereocenters. The monoisotopic (exact) mass is 373 g/mol. The number of amides is 1. The van der Waals surface area contributed by atoms with Gasteiger partial charge in [-0.05, 0) is 24.6 Å². The highest BCUT2D eigenvalue weighted by Crippen LogP contribution is 2.32. The maximum atomic E-state index is 13.5. The molecule has 1 aliphatic heterocycles. The van der Waals surface area contributed by atoms with Crippen molar-refractivity contribution < 1.29 is 18.3 Å². The first-order valence-corrected chi connectivity index (χ1v) is 8.25. The average Bonchev–Trinajstić information content (AvgIpc) is 2.98. The van der Waals surface area contributed by atoms with Crippen LogP contribution in [0.25, 0.3) is 5.65 Å². The first kappa shape index (κ1) is 18.0. The fourth-order valence-electron chi connectivity index (χ4n) is 2.66. The van der Waals surface area contributed by atoms with Gasteiger partial charge in [0.15, 0.2) is 11.3 Å². The number of carbonyl (C=O) groups excluding carboxylic acids is 1. The van der Waals surface area contributed by atoms with Crippen molar-refractivity contribution in [3.63, 3.8) is 0 Å². The number of hydrogen-bond donors (Lipinski definition) is 1. The van der Waals surface area contributed by atoms with Crippen LogP contribution in [-0.2, 0) is 10.1 Å². The van der Waals surface area contributed by atoms with Crippen molar-refractivity contribution >= 4 is 23.2 Å². The quantitative estimate of drug-likeness (QED) is 0.802. The predicted octanol–water partition coefficient (Wildman–Crippen LogP) is 1.39. The van der Waals surface area contributed by atoms with E-state index < -0.39 is 17.0 Å². The second-order valence-electron chi connectivity index (χ2n) is 5.79. The third-order valence-corrected chi connectivity index (χ3v) is 4.09. The molecule has 0 radical (unpaired) electrons. The van der Waals surface area contributed by atoms with Crippen molar-refractivity contribution in [2.24, 2.45) is 0 Å². The highest BCUT2D eigenvalue weighted by molar-refractivity contribution is 6.21. The molecule has 0 aromatic carbocycles. The van der Waals surface area contributed by atoms with Gasteiger partial charge in [-0.2, -0.15) is 13.9 Å². The Labute approximate surface area is 147 Å². The summed E-state index contributed by atoms with van der Waals surface area (Å²) in [7, 11) is 0. The highest BCUT2D eigenvalue weighted by atomic mass is 35.5. The molecule has 1 amide bonds. The highest BCUT2D eigenvalue weighted by Gasteiger charge is 2.32. The minimum Gasteiger partial charge on any atom is -0.379 e. The third kappa shape index (κ3) is 4.23. The molecule has 2 aromatic heterocycles. The van der Waals surface area contributed by atoms with Crippen molar-refractivity contribution in [2.45, 2.75) is 12.3 Å². The third-order valence-electron chi connectivity index (χ3n) is 3.90. The number of rotatable bonds is 5. The molecule has 0 spiro atoms. The number of nitrogens with zero attached hydrogens (tertiary/aromatic N) is 4. The van der Waals surface area contributed by atoms with Gasteiger partial charge in [-0.3, -0.25) is 9.69 Å². The average molecular weight is 374 g/mol. The standard InChI is InChI=1S/C15H18ClF2N5O2/c1-10-8-12(15(16,17)18)23-13(20-10)9-11(21-23)14(24)19-2-3-22-4-6-25-7-5-22/h8-9H,2-7H2,1H3,(H,19,24). The number of fused-ring (bicyclic) bond motifs is 1. The minimum absolute atomic E-state index is 0.0160. The van der Waals surface area contributed by atoms with Crippen LogP contribution in [0.5, 0.6) is 0 Å². The molecule has 136 valence electrons. The molecule has 1 saturated heterocycles. The van der Waals surface area contributed by atoms with Crippen molar-refractivity contribution in [3.05, 3.63) is 29.2 Å². The van der Waals surface area contributed by atoms with Gasteiger partial charge < -0.3 is 10.1 Å². The summed E-state index contributed by atoms with van der Waals surface area (Å²) < 4.78 is 33.2. The van der Waals surface area contributed by atoms with Gasteiger partial charge in [0.25, 0.3) is 5.91 Å². The van der Waals surface area contributed by atoms with Gasteiger partial charge in [-0.25, -0.2) is 9.50 Å². The normalized spacial score (nSPS) is 16.3. The van der Waals surface area contributed by atoms with E-state index in [0.29, 0.717) is 32.0 Å². The summed E-state index contributed by atoms with van der Waals surface area (Å²) in [5, 5.41) is 3.06. The van der Waals surface area contributed by atoms with Gasteiger partial charge in [-0.1, -0.05) is 0 Å². The largest absolute Gasteiger partial charge is 0.379 e. The SMILES string of the molecule is Cc1cc(C(F)(F)Cl)n2nc(C(=O)NCCN3CCOCC3)cc2n1. The Bertz CT molecular complexity index is 771. The second kappa shape index (κ2) is 7.19. The molecular weight excluding hydrogens is 356 g/mol. The van der Waals surface area contributed by atoms with Crippen LogP contribution in [0, 0.1) is 6.92 Å². The summed E-state index contributed by atoms with van der Waals surface area (Å²) in [5.74, 6) is -0.444. The van der Waals surface area contributed by atoms with Crippen LogP contribution in [-0.4, -0.2) is 64.8 Å². The summed E-state index contributed by atoms with van der Waals surface area (Å²) >= 11 is 5.13.